The zero-order chi connectivity index (χ0) is 17.9. The number of halogens is 2. The van der Waals surface area contributed by atoms with E-state index < -0.39 is 5.97 Å². The Hall–Kier alpha value is -1.23. The number of hydrogen-bond donors (Lipinski definition) is 0. The van der Waals surface area contributed by atoms with E-state index in [2.05, 4.69) is 22.9 Å². The van der Waals surface area contributed by atoms with E-state index in [-0.39, 0.29) is 21.8 Å². The molecule has 0 heterocycles. The minimum atomic E-state index is -0.506. The fourth-order valence-electron chi connectivity index (χ4n) is 5.59. The van der Waals surface area contributed by atoms with Gasteiger partial charge in [0.05, 0.1) is 4.83 Å². The van der Waals surface area contributed by atoms with Crippen LogP contribution in [0, 0.1) is 23.1 Å². The maximum Gasteiger partial charge on any atom is 0.308 e. The van der Waals surface area contributed by atoms with Gasteiger partial charge in [0.15, 0.2) is 17.3 Å². The first-order valence-electron chi connectivity index (χ1n) is 9.01. The second kappa shape index (κ2) is 5.90. The third-order valence-electron chi connectivity index (χ3n) is 6.76. The van der Waals surface area contributed by atoms with Gasteiger partial charge in [0.2, 0.25) is 0 Å². The van der Waals surface area contributed by atoms with E-state index in [9.17, 15) is 14.0 Å². The van der Waals surface area contributed by atoms with Gasteiger partial charge in [-0.15, -0.1) is 0 Å². The van der Waals surface area contributed by atoms with Crippen LogP contribution in [-0.2, 0) is 16.0 Å². The highest BCUT2D eigenvalue weighted by molar-refractivity contribution is 9.10. The van der Waals surface area contributed by atoms with Crippen molar-refractivity contribution in [3.8, 4) is 5.75 Å². The molecule has 3 aliphatic rings. The predicted molar refractivity (Wildman–Crippen MR) is 95.4 cm³/mol. The minimum Gasteiger partial charge on any atom is -0.424 e. The molecule has 1 aromatic rings. The summed E-state index contributed by atoms with van der Waals surface area (Å²) >= 11 is 3.56. The van der Waals surface area contributed by atoms with Gasteiger partial charge in [0, 0.05) is 12.3 Å². The molecule has 134 valence electrons. The molecular formula is C20H22BrFO3. The summed E-state index contributed by atoms with van der Waals surface area (Å²) in [4.78, 5) is 23.7. The first-order chi connectivity index (χ1) is 11.8. The Labute approximate surface area is 155 Å². The summed E-state index contributed by atoms with van der Waals surface area (Å²) < 4.78 is 19.8. The molecule has 4 rings (SSSR count). The number of rotatable bonds is 1. The smallest absolute Gasteiger partial charge is 0.308 e. The van der Waals surface area contributed by atoms with E-state index >= 15 is 0 Å². The normalized spacial score (nSPS) is 36.4. The summed E-state index contributed by atoms with van der Waals surface area (Å²) in [5.74, 6) is 0.576. The van der Waals surface area contributed by atoms with Crippen LogP contribution < -0.4 is 4.74 Å². The fraction of sp³-hybridized carbons (Fsp3) is 0.600. The number of carbonyl (C=O) groups is 2. The summed E-state index contributed by atoms with van der Waals surface area (Å²) in [5.41, 5.74) is 1.52. The Morgan fingerprint density at radius 3 is 2.84 bits per heavy atom. The standard InChI is InChI=1S/C20H22BrFO3/c1-10(23)25-17-6-5-11-12-7-8-20(2)15(9-16(21)19(20)24)13(12)3-4-14(11)18(17)22/h5-6,12-13,15-16H,3-4,7-9H2,1-2H3/t12-,13-,15+,16-,20+/m1/s1. The third-order valence-corrected chi connectivity index (χ3v) is 7.55. The van der Waals surface area contributed by atoms with Gasteiger partial charge in [-0.05, 0) is 67.1 Å². The highest BCUT2D eigenvalue weighted by Gasteiger charge is 2.57. The van der Waals surface area contributed by atoms with Crippen LogP contribution in [0.1, 0.15) is 56.6 Å². The third kappa shape index (κ3) is 2.49. The van der Waals surface area contributed by atoms with Crippen LogP contribution in [0.15, 0.2) is 12.1 Å². The van der Waals surface area contributed by atoms with Crippen molar-refractivity contribution >= 4 is 27.7 Å². The van der Waals surface area contributed by atoms with Gasteiger partial charge in [-0.2, -0.15) is 0 Å². The maximum absolute atomic E-state index is 14.8. The van der Waals surface area contributed by atoms with Gasteiger partial charge < -0.3 is 4.74 Å². The number of alkyl halides is 1. The number of ether oxygens (including phenoxy) is 1. The quantitative estimate of drug-likeness (QED) is 0.388. The molecule has 1 aromatic carbocycles. The number of fused-ring (bicyclic) bond motifs is 5. The van der Waals surface area contributed by atoms with Crippen LogP contribution in [-0.4, -0.2) is 16.6 Å². The first kappa shape index (κ1) is 17.2. The van der Waals surface area contributed by atoms with Crippen molar-refractivity contribution in [2.24, 2.45) is 17.3 Å². The van der Waals surface area contributed by atoms with Gasteiger partial charge in [0.1, 0.15) is 0 Å². The van der Waals surface area contributed by atoms with Gasteiger partial charge in [-0.3, -0.25) is 9.59 Å². The lowest BCUT2D eigenvalue weighted by Crippen LogP contribution is -2.42. The van der Waals surface area contributed by atoms with E-state index in [1.165, 1.54) is 6.92 Å². The minimum absolute atomic E-state index is 0.0296. The van der Waals surface area contributed by atoms with E-state index in [1.54, 1.807) is 6.07 Å². The number of ketones is 1. The van der Waals surface area contributed by atoms with Gasteiger partial charge in [-0.25, -0.2) is 4.39 Å². The molecule has 0 amide bonds. The zero-order valence-electron chi connectivity index (χ0n) is 14.5. The molecule has 2 fully saturated rings. The highest BCUT2D eigenvalue weighted by atomic mass is 79.9. The molecule has 0 unspecified atom stereocenters. The van der Waals surface area contributed by atoms with E-state index in [0.29, 0.717) is 35.5 Å². The summed E-state index contributed by atoms with van der Waals surface area (Å²) in [7, 11) is 0. The summed E-state index contributed by atoms with van der Waals surface area (Å²) in [5, 5.41) is 0. The molecule has 0 radical (unpaired) electrons. The Morgan fingerprint density at radius 1 is 1.36 bits per heavy atom. The topological polar surface area (TPSA) is 43.4 Å². The molecular weight excluding hydrogens is 387 g/mol. The number of carbonyl (C=O) groups excluding carboxylic acids is 2. The lowest BCUT2D eigenvalue weighted by Gasteiger charge is -2.48. The van der Waals surface area contributed by atoms with Gasteiger partial charge >= 0.3 is 5.97 Å². The van der Waals surface area contributed by atoms with Crippen LogP contribution in [0.4, 0.5) is 4.39 Å². The SMILES string of the molecule is CC(=O)Oc1ccc2c(c1F)CC[C@@H]1[C@@H]2CC[C@]2(C)C(=O)[C@H](Br)C[C@@H]12. The van der Waals surface area contributed by atoms with Crippen molar-refractivity contribution < 1.29 is 18.7 Å². The van der Waals surface area contributed by atoms with Crippen LogP contribution in [0.2, 0.25) is 0 Å². The number of benzene rings is 1. The van der Waals surface area contributed by atoms with Crippen molar-refractivity contribution in [2.45, 2.75) is 56.7 Å². The lowest BCUT2D eigenvalue weighted by atomic mass is 9.55. The average Bonchev–Trinajstić information content (AvgIpc) is 2.80. The number of Topliss-reactive ketones (excluding diaryl/α,β-unsaturated/α-hetero) is 1. The zero-order valence-corrected chi connectivity index (χ0v) is 16.1. The monoisotopic (exact) mass is 408 g/mol. The highest BCUT2D eigenvalue weighted by Crippen LogP contribution is 2.60. The first-order valence-corrected chi connectivity index (χ1v) is 9.92. The fourth-order valence-corrected chi connectivity index (χ4v) is 6.51. The predicted octanol–water partition coefficient (Wildman–Crippen LogP) is 4.55. The Morgan fingerprint density at radius 2 is 2.12 bits per heavy atom. The molecule has 3 nitrogen and oxygen atoms in total. The van der Waals surface area contributed by atoms with Crippen LogP contribution >= 0.6 is 15.9 Å². The largest absolute Gasteiger partial charge is 0.424 e. The van der Waals surface area contributed by atoms with Crippen LogP contribution in [0.5, 0.6) is 5.75 Å². The molecule has 5 atom stereocenters. The second-order valence-electron chi connectivity index (χ2n) is 7.98. The molecule has 5 heteroatoms. The molecule has 2 saturated carbocycles. The molecule has 0 saturated heterocycles. The summed E-state index contributed by atoms with van der Waals surface area (Å²) in [6.07, 6.45) is 4.21. The van der Waals surface area contributed by atoms with Gasteiger partial charge in [0.25, 0.3) is 0 Å². The van der Waals surface area contributed by atoms with Crippen molar-refractivity contribution in [1.29, 1.82) is 0 Å². The van der Waals surface area contributed by atoms with Crippen molar-refractivity contribution in [3.05, 3.63) is 29.1 Å². The van der Waals surface area contributed by atoms with E-state index in [4.69, 9.17) is 4.74 Å². The average molecular weight is 409 g/mol. The van der Waals surface area contributed by atoms with Crippen molar-refractivity contribution in [2.75, 3.05) is 0 Å². The van der Waals surface area contributed by atoms with E-state index in [0.717, 1.165) is 31.2 Å². The summed E-state index contributed by atoms with van der Waals surface area (Å²) in [6, 6.07) is 3.51. The lowest BCUT2D eigenvalue weighted by molar-refractivity contribution is -0.132. The Kier molecular flexibility index (Phi) is 4.06. The molecule has 25 heavy (non-hydrogen) atoms. The molecule has 0 aliphatic heterocycles. The van der Waals surface area contributed by atoms with E-state index in [1.807, 2.05) is 6.07 Å². The number of hydrogen-bond acceptors (Lipinski definition) is 3. The molecule has 0 N–H and O–H groups in total. The van der Waals surface area contributed by atoms with Crippen LogP contribution in [0.25, 0.3) is 0 Å². The molecule has 0 aromatic heterocycles. The van der Waals surface area contributed by atoms with Crippen molar-refractivity contribution in [3.63, 3.8) is 0 Å². The second-order valence-corrected chi connectivity index (χ2v) is 9.08. The molecule has 0 spiro atoms. The van der Waals surface area contributed by atoms with Crippen molar-refractivity contribution in [1.82, 2.24) is 0 Å². The Bertz CT molecular complexity index is 762. The Balaban J connectivity index is 1.69. The number of esters is 1. The van der Waals surface area contributed by atoms with Crippen LogP contribution in [0.3, 0.4) is 0 Å². The molecule has 3 aliphatic carbocycles. The van der Waals surface area contributed by atoms with Gasteiger partial charge in [-0.1, -0.05) is 28.9 Å². The summed E-state index contributed by atoms with van der Waals surface area (Å²) in [6.45, 7) is 3.40. The maximum atomic E-state index is 14.8. The molecule has 0 bridgehead atoms.